The van der Waals surface area contributed by atoms with E-state index < -0.39 is 23.8 Å². The van der Waals surface area contributed by atoms with Gasteiger partial charge in [-0.2, -0.15) is 0 Å². The number of nitrogens with two attached hydrogens (primary N) is 1. The lowest BCUT2D eigenvalue weighted by Gasteiger charge is -2.08. The fourth-order valence-corrected chi connectivity index (χ4v) is 2.60. The van der Waals surface area contributed by atoms with Crippen LogP contribution in [-0.2, 0) is 6.42 Å². The number of halogens is 5. The van der Waals surface area contributed by atoms with Gasteiger partial charge in [-0.1, -0.05) is 23.2 Å². The van der Waals surface area contributed by atoms with Crippen molar-refractivity contribution in [1.82, 2.24) is 0 Å². The molecule has 0 heterocycles. The van der Waals surface area contributed by atoms with Gasteiger partial charge in [0.2, 0.25) is 0 Å². The minimum absolute atomic E-state index is 0.0834. The Kier molecular flexibility index (Phi) is 4.86. The number of rotatable bonds is 3. The van der Waals surface area contributed by atoms with Gasteiger partial charge in [-0.15, -0.1) is 0 Å². The summed E-state index contributed by atoms with van der Waals surface area (Å²) in [5, 5.41) is 0.224. The summed E-state index contributed by atoms with van der Waals surface area (Å²) in [6, 6.07) is 4.95. The number of carbonyl (C=O) groups excluding carboxylic acids is 1. The minimum Gasteiger partial charge on any atom is -0.396 e. The van der Waals surface area contributed by atoms with Gasteiger partial charge in [0, 0.05) is 17.5 Å². The van der Waals surface area contributed by atoms with E-state index in [4.69, 9.17) is 28.9 Å². The maximum atomic E-state index is 13.9. The van der Waals surface area contributed by atoms with E-state index >= 15 is 0 Å². The monoisotopic (exact) mass is 393 g/mol. The lowest BCUT2D eigenvalue weighted by atomic mass is 10.0. The summed E-state index contributed by atoms with van der Waals surface area (Å²) >= 11 is 14.6. The zero-order chi connectivity index (χ0) is 15.7. The van der Waals surface area contributed by atoms with Crippen LogP contribution in [-0.4, -0.2) is 5.78 Å². The highest BCUT2D eigenvalue weighted by Gasteiger charge is 2.18. The van der Waals surface area contributed by atoms with E-state index in [1.54, 1.807) is 0 Å². The number of nitrogen functional groups attached to an aromatic ring is 1. The molecule has 7 heteroatoms. The molecule has 0 aliphatic carbocycles. The SMILES string of the molecule is Nc1c(Cl)cc(C(=O)Cc2c(F)ccc(Br)c2F)cc1Cl. The first kappa shape index (κ1) is 16.2. The maximum Gasteiger partial charge on any atom is 0.167 e. The third-order valence-electron chi connectivity index (χ3n) is 2.88. The largest absolute Gasteiger partial charge is 0.396 e. The van der Waals surface area contributed by atoms with Crippen molar-refractivity contribution in [1.29, 1.82) is 0 Å². The first-order valence-corrected chi connectivity index (χ1v) is 7.26. The van der Waals surface area contributed by atoms with Crippen molar-refractivity contribution in [2.45, 2.75) is 6.42 Å². The second-order valence-electron chi connectivity index (χ2n) is 4.28. The Morgan fingerprint density at radius 2 is 1.76 bits per heavy atom. The summed E-state index contributed by atoms with van der Waals surface area (Å²) in [4.78, 5) is 12.1. The van der Waals surface area contributed by atoms with Crippen LogP contribution in [0.2, 0.25) is 10.0 Å². The summed E-state index contributed by atoms with van der Waals surface area (Å²) in [5.41, 5.74) is 5.53. The van der Waals surface area contributed by atoms with Crippen LogP contribution in [0.25, 0.3) is 0 Å². The van der Waals surface area contributed by atoms with Gasteiger partial charge < -0.3 is 5.73 Å². The van der Waals surface area contributed by atoms with Crippen LogP contribution in [0.1, 0.15) is 15.9 Å². The van der Waals surface area contributed by atoms with Crippen LogP contribution in [0.3, 0.4) is 0 Å². The molecule has 2 rings (SSSR count). The minimum atomic E-state index is -0.809. The maximum absolute atomic E-state index is 13.9. The van der Waals surface area contributed by atoms with Crippen molar-refractivity contribution in [2.75, 3.05) is 5.73 Å². The summed E-state index contributed by atoms with van der Waals surface area (Å²) < 4.78 is 27.6. The number of ketones is 1. The number of anilines is 1. The number of carbonyl (C=O) groups is 1. The second-order valence-corrected chi connectivity index (χ2v) is 5.94. The third-order valence-corrected chi connectivity index (χ3v) is 4.12. The van der Waals surface area contributed by atoms with Gasteiger partial charge in [-0.05, 0) is 40.2 Å². The molecule has 21 heavy (non-hydrogen) atoms. The molecule has 0 aliphatic heterocycles. The first-order chi connectivity index (χ1) is 9.81. The van der Waals surface area contributed by atoms with E-state index in [9.17, 15) is 13.6 Å². The molecule has 0 bridgehead atoms. The highest BCUT2D eigenvalue weighted by atomic mass is 79.9. The van der Waals surface area contributed by atoms with E-state index in [-0.39, 0.29) is 31.3 Å². The van der Waals surface area contributed by atoms with Crippen LogP contribution in [0.4, 0.5) is 14.5 Å². The number of hydrogen-bond donors (Lipinski definition) is 1. The Bertz CT molecular complexity index is 714. The van der Waals surface area contributed by atoms with E-state index in [2.05, 4.69) is 15.9 Å². The average molecular weight is 395 g/mol. The van der Waals surface area contributed by atoms with Gasteiger partial charge in [-0.3, -0.25) is 4.79 Å². The summed E-state index contributed by atoms with van der Waals surface area (Å²) in [6.45, 7) is 0. The molecule has 0 atom stereocenters. The molecule has 0 saturated heterocycles. The van der Waals surface area contributed by atoms with Crippen LogP contribution >= 0.6 is 39.1 Å². The molecule has 0 fully saturated rings. The molecule has 0 radical (unpaired) electrons. The third kappa shape index (κ3) is 3.36. The van der Waals surface area contributed by atoms with Gasteiger partial charge in [0.1, 0.15) is 11.6 Å². The normalized spacial score (nSPS) is 10.7. The van der Waals surface area contributed by atoms with Gasteiger partial charge in [0.05, 0.1) is 20.2 Å². The molecule has 0 amide bonds. The molecule has 2 N–H and O–H groups in total. The highest BCUT2D eigenvalue weighted by molar-refractivity contribution is 9.10. The van der Waals surface area contributed by atoms with Crippen molar-refractivity contribution in [2.24, 2.45) is 0 Å². The number of Topliss-reactive ketones (excluding diaryl/α,β-unsaturated/α-hetero) is 1. The van der Waals surface area contributed by atoms with E-state index in [1.807, 2.05) is 0 Å². The molecular weight excluding hydrogens is 387 g/mol. The predicted octanol–water partition coefficient (Wildman–Crippen LogP) is 5.04. The fourth-order valence-electron chi connectivity index (χ4n) is 1.74. The fraction of sp³-hybridized carbons (Fsp3) is 0.0714. The Hall–Kier alpha value is -1.17. The Labute approximate surface area is 138 Å². The lowest BCUT2D eigenvalue weighted by molar-refractivity contribution is 0.0990. The molecular formula is C14H8BrCl2F2NO. The lowest BCUT2D eigenvalue weighted by Crippen LogP contribution is -2.08. The predicted molar refractivity (Wildman–Crippen MR) is 83.0 cm³/mol. The number of hydrogen-bond acceptors (Lipinski definition) is 2. The van der Waals surface area contributed by atoms with Gasteiger partial charge in [-0.25, -0.2) is 8.78 Å². The topological polar surface area (TPSA) is 43.1 Å². The van der Waals surface area contributed by atoms with Crippen LogP contribution < -0.4 is 5.73 Å². The molecule has 0 aromatic heterocycles. The van der Waals surface area contributed by atoms with Gasteiger partial charge in [0.25, 0.3) is 0 Å². The summed E-state index contributed by atoms with van der Waals surface area (Å²) in [5.74, 6) is -2.12. The highest BCUT2D eigenvalue weighted by Crippen LogP contribution is 2.30. The van der Waals surface area contributed by atoms with Gasteiger partial charge >= 0.3 is 0 Å². The molecule has 0 saturated carbocycles. The van der Waals surface area contributed by atoms with Crippen LogP contribution in [0.15, 0.2) is 28.7 Å². The zero-order valence-corrected chi connectivity index (χ0v) is 13.5. The summed E-state index contributed by atoms with van der Waals surface area (Å²) in [7, 11) is 0. The van der Waals surface area contributed by atoms with Gasteiger partial charge in [0.15, 0.2) is 5.78 Å². The molecule has 110 valence electrons. The van der Waals surface area contributed by atoms with E-state index in [1.165, 1.54) is 18.2 Å². The Morgan fingerprint density at radius 3 is 2.33 bits per heavy atom. The van der Waals surface area contributed by atoms with Crippen molar-refractivity contribution in [3.8, 4) is 0 Å². The zero-order valence-electron chi connectivity index (χ0n) is 10.4. The average Bonchev–Trinajstić information content (AvgIpc) is 2.44. The molecule has 0 spiro atoms. The first-order valence-electron chi connectivity index (χ1n) is 5.71. The number of benzene rings is 2. The Balaban J connectivity index is 2.37. The van der Waals surface area contributed by atoms with Crippen LogP contribution in [0.5, 0.6) is 0 Å². The standard InChI is InChI=1S/C14H8BrCl2F2NO/c15-8-1-2-11(18)7(13(8)19)5-12(21)6-3-9(16)14(20)10(17)4-6/h1-4H,5,20H2. The smallest absolute Gasteiger partial charge is 0.167 e. The van der Waals surface area contributed by atoms with Crippen molar-refractivity contribution in [3.63, 3.8) is 0 Å². The van der Waals surface area contributed by atoms with E-state index in [0.29, 0.717) is 0 Å². The second kappa shape index (κ2) is 6.30. The van der Waals surface area contributed by atoms with Crippen molar-refractivity contribution < 1.29 is 13.6 Å². The molecule has 0 aliphatic rings. The van der Waals surface area contributed by atoms with Crippen molar-refractivity contribution >= 4 is 50.6 Å². The quantitative estimate of drug-likeness (QED) is 0.450. The molecule has 0 unspecified atom stereocenters. The molecule has 2 nitrogen and oxygen atoms in total. The summed E-state index contributed by atoms with van der Waals surface area (Å²) in [6.07, 6.45) is -0.451. The Morgan fingerprint density at radius 1 is 1.19 bits per heavy atom. The molecule has 2 aromatic carbocycles. The van der Waals surface area contributed by atoms with Crippen LogP contribution in [0, 0.1) is 11.6 Å². The van der Waals surface area contributed by atoms with Crippen molar-refractivity contribution in [3.05, 3.63) is 61.5 Å². The molecule has 2 aromatic rings. The van der Waals surface area contributed by atoms with E-state index in [0.717, 1.165) is 6.07 Å².